The lowest BCUT2D eigenvalue weighted by Crippen LogP contribution is -2.51. The Hall–Kier alpha value is -0.260. The van der Waals surface area contributed by atoms with Crippen LogP contribution in [0.3, 0.4) is 0 Å². The van der Waals surface area contributed by atoms with Crippen molar-refractivity contribution in [3.8, 4) is 0 Å². The van der Waals surface area contributed by atoms with Crippen molar-refractivity contribution in [3.63, 3.8) is 0 Å². The van der Waals surface area contributed by atoms with E-state index >= 15 is 0 Å². The van der Waals surface area contributed by atoms with Gasteiger partial charge in [-0.15, -0.1) is 0 Å². The molecule has 1 N–H and O–H groups in total. The maximum atomic E-state index is 12.2. The summed E-state index contributed by atoms with van der Waals surface area (Å²) >= 11 is 1.98. The van der Waals surface area contributed by atoms with Gasteiger partial charge in [-0.05, 0) is 32.7 Å². The Morgan fingerprint density at radius 1 is 1.44 bits per heavy atom. The van der Waals surface area contributed by atoms with Gasteiger partial charge in [0.15, 0.2) is 0 Å². The fourth-order valence-corrected chi connectivity index (χ4v) is 4.24. The Bertz CT molecular complexity index is 296. The van der Waals surface area contributed by atoms with Crippen LogP contribution in [0.2, 0.25) is 0 Å². The first-order chi connectivity index (χ1) is 8.70. The van der Waals surface area contributed by atoms with Crippen molar-refractivity contribution in [3.05, 3.63) is 0 Å². The first-order valence-electron chi connectivity index (χ1n) is 6.85. The predicted octanol–water partition coefficient (Wildman–Crippen LogP) is 1.58. The summed E-state index contributed by atoms with van der Waals surface area (Å²) in [5.74, 6) is -0.0696. The average Bonchev–Trinajstić information content (AvgIpc) is 2.69. The van der Waals surface area contributed by atoms with Gasteiger partial charge in [-0.2, -0.15) is 11.8 Å². The van der Waals surface area contributed by atoms with Gasteiger partial charge in [0, 0.05) is 5.25 Å². The molecule has 18 heavy (non-hydrogen) atoms. The summed E-state index contributed by atoms with van der Waals surface area (Å²) in [4.78, 5) is 12.2. The number of hydrogen-bond acceptors (Lipinski definition) is 5. The van der Waals surface area contributed by atoms with Gasteiger partial charge in [0.25, 0.3) is 0 Å². The number of nitrogens with one attached hydrogen (secondary N) is 1. The van der Waals surface area contributed by atoms with Gasteiger partial charge in [0.1, 0.15) is 5.54 Å². The minimum Gasteiger partial charge on any atom is -0.465 e. The van der Waals surface area contributed by atoms with Crippen LogP contribution in [0, 0.1) is 0 Å². The Labute approximate surface area is 113 Å². The Kier molecular flexibility index (Phi) is 4.92. The summed E-state index contributed by atoms with van der Waals surface area (Å²) in [7, 11) is 0. The second kappa shape index (κ2) is 6.26. The Morgan fingerprint density at radius 3 is 2.78 bits per heavy atom. The van der Waals surface area contributed by atoms with Gasteiger partial charge in [-0.25, -0.2) is 0 Å². The van der Waals surface area contributed by atoms with E-state index in [1.807, 2.05) is 25.6 Å². The summed E-state index contributed by atoms with van der Waals surface area (Å²) in [6.45, 7) is 6.91. The second-order valence-electron chi connectivity index (χ2n) is 4.99. The smallest absolute Gasteiger partial charge is 0.326 e. The zero-order chi connectivity index (χ0) is 13.0. The van der Waals surface area contributed by atoms with E-state index in [0.717, 1.165) is 39.0 Å². The first-order valence-corrected chi connectivity index (χ1v) is 7.80. The van der Waals surface area contributed by atoms with Crippen LogP contribution in [0.4, 0.5) is 0 Å². The molecule has 2 unspecified atom stereocenters. The maximum Gasteiger partial charge on any atom is 0.326 e. The summed E-state index contributed by atoms with van der Waals surface area (Å²) in [6, 6.07) is 0. The van der Waals surface area contributed by atoms with Crippen LogP contribution in [0.15, 0.2) is 0 Å². The van der Waals surface area contributed by atoms with E-state index in [0.29, 0.717) is 17.1 Å². The molecule has 0 amide bonds. The van der Waals surface area contributed by atoms with Crippen molar-refractivity contribution >= 4 is 17.7 Å². The number of carbonyl (C=O) groups excluding carboxylic acids is 1. The van der Waals surface area contributed by atoms with Crippen molar-refractivity contribution in [1.29, 1.82) is 0 Å². The molecule has 1 aliphatic carbocycles. The highest BCUT2D eigenvalue weighted by Crippen LogP contribution is 2.40. The lowest BCUT2D eigenvalue weighted by Gasteiger charge is -2.30. The van der Waals surface area contributed by atoms with Crippen molar-refractivity contribution in [2.24, 2.45) is 0 Å². The SMILES string of the molecule is CCNC1(C(=O)OCC)CCC(SC2COC2)C1. The minimum atomic E-state index is -0.437. The number of likely N-dealkylation sites (N-methyl/N-ethyl adjacent to an activating group) is 1. The van der Waals surface area contributed by atoms with Crippen LogP contribution >= 0.6 is 11.8 Å². The molecule has 1 saturated heterocycles. The molecule has 2 atom stereocenters. The molecule has 104 valence electrons. The van der Waals surface area contributed by atoms with Crippen molar-refractivity contribution in [1.82, 2.24) is 5.32 Å². The lowest BCUT2D eigenvalue weighted by molar-refractivity contribution is -0.151. The highest BCUT2D eigenvalue weighted by molar-refractivity contribution is 8.00. The molecule has 2 fully saturated rings. The highest BCUT2D eigenvalue weighted by Gasteiger charge is 2.46. The molecule has 0 spiro atoms. The van der Waals surface area contributed by atoms with Gasteiger partial charge >= 0.3 is 5.97 Å². The normalized spacial score (nSPS) is 32.2. The van der Waals surface area contributed by atoms with Crippen LogP contribution < -0.4 is 5.32 Å². The van der Waals surface area contributed by atoms with Crippen LogP contribution in [0.1, 0.15) is 33.1 Å². The minimum absolute atomic E-state index is 0.0696. The average molecular weight is 273 g/mol. The van der Waals surface area contributed by atoms with Crippen LogP contribution in [0.25, 0.3) is 0 Å². The van der Waals surface area contributed by atoms with Crippen LogP contribution in [-0.2, 0) is 14.3 Å². The molecular formula is C13H23NO3S. The number of hydrogen-bond donors (Lipinski definition) is 1. The Balaban J connectivity index is 1.92. The Morgan fingerprint density at radius 2 is 2.22 bits per heavy atom. The molecule has 4 nitrogen and oxygen atoms in total. The third kappa shape index (κ3) is 3.00. The van der Waals surface area contributed by atoms with E-state index in [1.165, 1.54) is 0 Å². The summed E-state index contributed by atoms with van der Waals surface area (Å²) in [5, 5.41) is 4.55. The fraction of sp³-hybridized carbons (Fsp3) is 0.923. The van der Waals surface area contributed by atoms with Crippen molar-refractivity contribution < 1.29 is 14.3 Å². The highest BCUT2D eigenvalue weighted by atomic mass is 32.2. The van der Waals surface area contributed by atoms with E-state index in [2.05, 4.69) is 5.32 Å². The molecule has 5 heteroatoms. The molecule has 0 bridgehead atoms. The largest absolute Gasteiger partial charge is 0.465 e. The molecule has 0 aromatic heterocycles. The first kappa shape index (κ1) is 14.2. The topological polar surface area (TPSA) is 47.6 Å². The van der Waals surface area contributed by atoms with Crippen molar-refractivity contribution in [2.75, 3.05) is 26.4 Å². The van der Waals surface area contributed by atoms with Gasteiger partial charge in [0.05, 0.1) is 25.1 Å². The van der Waals surface area contributed by atoms with E-state index in [1.54, 1.807) is 0 Å². The maximum absolute atomic E-state index is 12.2. The second-order valence-corrected chi connectivity index (χ2v) is 6.60. The number of rotatable bonds is 6. The number of carbonyl (C=O) groups is 1. The van der Waals surface area contributed by atoms with Gasteiger partial charge in [0.2, 0.25) is 0 Å². The molecule has 0 aromatic carbocycles. The number of thioether (sulfide) groups is 1. The summed E-state index contributed by atoms with van der Waals surface area (Å²) in [5.41, 5.74) is -0.437. The third-order valence-corrected chi connectivity index (χ3v) is 5.09. The van der Waals surface area contributed by atoms with E-state index in [-0.39, 0.29) is 5.97 Å². The number of ether oxygens (including phenoxy) is 2. The molecule has 1 aliphatic heterocycles. The summed E-state index contributed by atoms with van der Waals surface area (Å²) in [6.07, 6.45) is 2.87. The fourth-order valence-electron chi connectivity index (χ4n) is 2.71. The molecular weight excluding hydrogens is 250 g/mol. The van der Waals surface area contributed by atoms with Gasteiger partial charge in [-0.3, -0.25) is 4.79 Å². The zero-order valence-corrected chi connectivity index (χ0v) is 12.1. The van der Waals surface area contributed by atoms with Crippen LogP contribution in [-0.4, -0.2) is 48.4 Å². The molecule has 2 aliphatic rings. The summed E-state index contributed by atoms with van der Waals surface area (Å²) < 4.78 is 10.4. The number of esters is 1. The zero-order valence-electron chi connectivity index (χ0n) is 11.2. The van der Waals surface area contributed by atoms with Crippen molar-refractivity contribution in [2.45, 2.75) is 49.1 Å². The quantitative estimate of drug-likeness (QED) is 0.745. The monoisotopic (exact) mass is 273 g/mol. The molecule has 1 saturated carbocycles. The lowest BCUT2D eigenvalue weighted by atomic mass is 9.98. The van der Waals surface area contributed by atoms with E-state index in [4.69, 9.17) is 9.47 Å². The molecule has 0 radical (unpaired) electrons. The van der Waals surface area contributed by atoms with Gasteiger partial charge in [-0.1, -0.05) is 6.92 Å². The predicted molar refractivity (Wildman–Crippen MR) is 72.9 cm³/mol. The standard InChI is InChI=1S/C13H23NO3S/c1-3-14-13(12(15)17-4-2)6-5-10(7-13)18-11-8-16-9-11/h10-11,14H,3-9H2,1-2H3. The van der Waals surface area contributed by atoms with E-state index in [9.17, 15) is 4.79 Å². The molecule has 1 heterocycles. The van der Waals surface area contributed by atoms with E-state index < -0.39 is 5.54 Å². The third-order valence-electron chi connectivity index (χ3n) is 3.64. The molecule has 2 rings (SSSR count). The van der Waals surface area contributed by atoms with Crippen LogP contribution in [0.5, 0.6) is 0 Å². The molecule has 0 aromatic rings. The van der Waals surface area contributed by atoms with Gasteiger partial charge < -0.3 is 14.8 Å².